The maximum Gasteiger partial charge on any atom is 0.330 e. The molecule has 0 aliphatic heterocycles. The predicted molar refractivity (Wildman–Crippen MR) is 105 cm³/mol. The zero-order valence-corrected chi connectivity index (χ0v) is 14.9. The molecule has 0 spiro atoms. The Labute approximate surface area is 151 Å². The summed E-state index contributed by atoms with van der Waals surface area (Å²) in [5.74, 6) is 0.165. The average Bonchev–Trinajstić information content (AvgIpc) is 2.61. The fourth-order valence-electron chi connectivity index (χ4n) is 2.99. The van der Waals surface area contributed by atoms with Crippen molar-refractivity contribution in [3.63, 3.8) is 0 Å². The van der Waals surface area contributed by atoms with Gasteiger partial charge in [0.05, 0.1) is 6.54 Å². The molecule has 0 aliphatic carbocycles. The number of nitrogens with two attached hydrogens (primary N) is 1. The number of hydrogen-bond acceptors (Lipinski definition) is 4. The van der Waals surface area contributed by atoms with Crippen LogP contribution in [0.15, 0.2) is 64.2 Å². The number of H-pyrrole nitrogens is 1. The Hall–Kier alpha value is -3.28. The van der Waals surface area contributed by atoms with Gasteiger partial charge in [-0.05, 0) is 23.6 Å². The number of nitrogen functional groups attached to an aromatic ring is 1. The van der Waals surface area contributed by atoms with Crippen LogP contribution >= 0.6 is 0 Å². The molecule has 134 valence electrons. The maximum absolute atomic E-state index is 12.4. The van der Waals surface area contributed by atoms with Gasteiger partial charge in [0, 0.05) is 13.6 Å². The molecule has 26 heavy (non-hydrogen) atoms. The van der Waals surface area contributed by atoms with Crippen molar-refractivity contribution in [1.82, 2.24) is 9.55 Å². The number of hydrogen-bond donors (Lipinski definition) is 2. The number of rotatable bonds is 5. The number of nitrogens with zero attached hydrogens (tertiary/aromatic N) is 2. The lowest BCUT2D eigenvalue weighted by Gasteiger charge is -2.22. The van der Waals surface area contributed by atoms with E-state index in [0.717, 1.165) is 16.7 Å². The first-order valence-corrected chi connectivity index (χ1v) is 8.39. The molecule has 3 aromatic rings. The summed E-state index contributed by atoms with van der Waals surface area (Å²) < 4.78 is 1.39. The maximum atomic E-state index is 12.4. The molecule has 1 heterocycles. The zero-order valence-electron chi connectivity index (χ0n) is 14.9. The minimum atomic E-state index is -0.510. The second kappa shape index (κ2) is 7.31. The van der Waals surface area contributed by atoms with Crippen LogP contribution in [0.25, 0.3) is 0 Å². The average molecular weight is 350 g/mol. The monoisotopic (exact) mass is 350 g/mol. The lowest BCUT2D eigenvalue weighted by atomic mass is 10.1. The van der Waals surface area contributed by atoms with Gasteiger partial charge in [0.1, 0.15) is 11.5 Å². The standard InChI is InChI=1S/C20H22N4O2/c1-14-8-6-7-11-16(14)13-23(2)17-18(21)24(20(26)22-19(17)25)12-15-9-4-3-5-10-15/h3-11H,12-13,21H2,1-2H3,(H,22,25,26). The van der Waals surface area contributed by atoms with Crippen LogP contribution in [0.3, 0.4) is 0 Å². The van der Waals surface area contributed by atoms with Crippen molar-refractivity contribution >= 4 is 11.5 Å². The predicted octanol–water partition coefficient (Wildman–Crippen LogP) is 2.11. The third-order valence-electron chi connectivity index (χ3n) is 4.45. The number of aromatic nitrogens is 2. The number of aryl methyl sites for hydroxylation is 1. The molecule has 0 unspecified atom stereocenters. The summed E-state index contributed by atoms with van der Waals surface area (Å²) in [4.78, 5) is 28.8. The third kappa shape index (κ3) is 3.54. The van der Waals surface area contributed by atoms with Gasteiger partial charge in [-0.1, -0.05) is 54.6 Å². The highest BCUT2D eigenvalue weighted by atomic mass is 16.2. The molecule has 3 rings (SSSR count). The van der Waals surface area contributed by atoms with Crippen molar-refractivity contribution < 1.29 is 0 Å². The number of benzene rings is 2. The summed E-state index contributed by atoms with van der Waals surface area (Å²) in [5.41, 5.74) is 8.69. The summed E-state index contributed by atoms with van der Waals surface area (Å²) >= 11 is 0. The largest absolute Gasteiger partial charge is 0.383 e. The number of nitrogens with one attached hydrogen (secondary N) is 1. The van der Waals surface area contributed by atoms with Crippen molar-refractivity contribution in [1.29, 1.82) is 0 Å². The van der Waals surface area contributed by atoms with Crippen LogP contribution in [0, 0.1) is 6.92 Å². The highest BCUT2D eigenvalue weighted by Crippen LogP contribution is 2.19. The highest BCUT2D eigenvalue weighted by Gasteiger charge is 2.17. The molecule has 0 saturated heterocycles. The normalized spacial score (nSPS) is 10.7. The van der Waals surface area contributed by atoms with Crippen LogP contribution in [0.2, 0.25) is 0 Å². The summed E-state index contributed by atoms with van der Waals surface area (Å²) in [7, 11) is 1.80. The van der Waals surface area contributed by atoms with Crippen molar-refractivity contribution in [2.75, 3.05) is 17.7 Å². The molecule has 0 saturated carbocycles. The van der Waals surface area contributed by atoms with E-state index in [9.17, 15) is 9.59 Å². The van der Waals surface area contributed by atoms with Gasteiger partial charge in [-0.2, -0.15) is 0 Å². The van der Waals surface area contributed by atoms with Crippen molar-refractivity contribution in [3.8, 4) is 0 Å². The van der Waals surface area contributed by atoms with Crippen LogP contribution in [0.1, 0.15) is 16.7 Å². The van der Waals surface area contributed by atoms with Gasteiger partial charge in [-0.15, -0.1) is 0 Å². The van der Waals surface area contributed by atoms with Crippen molar-refractivity contribution in [2.45, 2.75) is 20.0 Å². The molecule has 0 fully saturated rings. The van der Waals surface area contributed by atoms with E-state index in [-0.39, 0.29) is 5.82 Å². The molecule has 6 nitrogen and oxygen atoms in total. The summed E-state index contributed by atoms with van der Waals surface area (Å²) in [6, 6.07) is 17.5. The van der Waals surface area contributed by atoms with Gasteiger partial charge in [0.2, 0.25) is 0 Å². The first kappa shape index (κ1) is 17.5. The van der Waals surface area contributed by atoms with Crippen LogP contribution in [0.5, 0.6) is 0 Å². The van der Waals surface area contributed by atoms with E-state index in [1.807, 2.05) is 61.5 Å². The van der Waals surface area contributed by atoms with Gasteiger partial charge >= 0.3 is 5.69 Å². The summed E-state index contributed by atoms with van der Waals surface area (Å²) in [6.45, 7) is 2.84. The fourth-order valence-corrected chi connectivity index (χ4v) is 2.99. The molecule has 6 heteroatoms. The zero-order chi connectivity index (χ0) is 18.7. The molecular formula is C20H22N4O2. The van der Waals surface area contributed by atoms with Gasteiger partial charge < -0.3 is 10.6 Å². The molecule has 0 amide bonds. The van der Waals surface area contributed by atoms with Crippen molar-refractivity contribution in [3.05, 3.63) is 92.1 Å². The quantitative estimate of drug-likeness (QED) is 0.738. The minimum absolute atomic E-state index is 0.165. The van der Waals surface area contributed by atoms with Gasteiger partial charge in [0.15, 0.2) is 0 Å². The SMILES string of the molecule is Cc1ccccc1CN(C)c1c(N)n(Cc2ccccc2)c(=O)[nH]c1=O. The van der Waals surface area contributed by atoms with Crippen molar-refractivity contribution in [2.24, 2.45) is 0 Å². The van der Waals surface area contributed by atoms with E-state index in [1.165, 1.54) is 4.57 Å². The molecule has 0 radical (unpaired) electrons. The van der Waals surface area contributed by atoms with Crippen LogP contribution < -0.4 is 21.9 Å². The first-order valence-electron chi connectivity index (χ1n) is 8.39. The Morgan fingerprint density at radius 1 is 1.04 bits per heavy atom. The Balaban J connectivity index is 1.99. The lowest BCUT2D eigenvalue weighted by molar-refractivity contribution is 0.725. The van der Waals surface area contributed by atoms with Gasteiger partial charge in [-0.25, -0.2) is 4.79 Å². The third-order valence-corrected chi connectivity index (χ3v) is 4.45. The van der Waals surface area contributed by atoms with E-state index in [0.29, 0.717) is 18.8 Å². The Morgan fingerprint density at radius 2 is 1.69 bits per heavy atom. The molecule has 0 aliphatic rings. The molecule has 0 atom stereocenters. The van der Waals surface area contributed by atoms with E-state index >= 15 is 0 Å². The molecule has 2 aromatic carbocycles. The first-order chi connectivity index (χ1) is 12.5. The summed E-state index contributed by atoms with van der Waals surface area (Å²) in [6.07, 6.45) is 0. The number of aromatic amines is 1. The Morgan fingerprint density at radius 3 is 2.38 bits per heavy atom. The molecule has 1 aromatic heterocycles. The Kier molecular flexibility index (Phi) is 4.93. The van der Waals surface area contributed by atoms with Gasteiger partial charge in [-0.3, -0.25) is 14.3 Å². The molecular weight excluding hydrogens is 328 g/mol. The Bertz CT molecular complexity index is 1020. The van der Waals surface area contributed by atoms with E-state index < -0.39 is 11.2 Å². The van der Waals surface area contributed by atoms with Crippen LogP contribution in [-0.4, -0.2) is 16.6 Å². The van der Waals surface area contributed by atoms with E-state index in [2.05, 4.69) is 4.98 Å². The molecule has 3 N–H and O–H groups in total. The summed E-state index contributed by atoms with van der Waals surface area (Å²) in [5, 5.41) is 0. The van der Waals surface area contributed by atoms with Gasteiger partial charge in [0.25, 0.3) is 5.56 Å². The molecule has 0 bridgehead atoms. The minimum Gasteiger partial charge on any atom is -0.383 e. The van der Waals surface area contributed by atoms with E-state index in [4.69, 9.17) is 5.73 Å². The van der Waals surface area contributed by atoms with Crippen LogP contribution in [-0.2, 0) is 13.1 Å². The topological polar surface area (TPSA) is 84.1 Å². The number of anilines is 2. The smallest absolute Gasteiger partial charge is 0.330 e. The fraction of sp³-hybridized carbons (Fsp3) is 0.200. The van der Waals surface area contributed by atoms with Crippen LogP contribution in [0.4, 0.5) is 11.5 Å². The van der Waals surface area contributed by atoms with E-state index in [1.54, 1.807) is 11.9 Å². The highest BCUT2D eigenvalue weighted by molar-refractivity contribution is 5.62. The second-order valence-corrected chi connectivity index (χ2v) is 6.35. The lowest BCUT2D eigenvalue weighted by Crippen LogP contribution is -2.37. The second-order valence-electron chi connectivity index (χ2n) is 6.35.